The van der Waals surface area contributed by atoms with Crippen molar-refractivity contribution >= 4 is 7.82 Å². The van der Waals surface area contributed by atoms with E-state index in [1.165, 1.54) is 0 Å². The van der Waals surface area contributed by atoms with Crippen LogP contribution in [0.1, 0.15) is 0 Å². The van der Waals surface area contributed by atoms with Crippen molar-refractivity contribution < 1.29 is 39.3 Å². The Morgan fingerprint density at radius 1 is 1.19 bits per heavy atom. The highest BCUT2D eigenvalue weighted by atomic mass is 31.2. The van der Waals surface area contributed by atoms with Gasteiger partial charge in [0.2, 0.25) is 0 Å². The van der Waals surface area contributed by atoms with Crippen molar-refractivity contribution in [3.05, 3.63) is 0 Å². The van der Waals surface area contributed by atoms with Crippen LogP contribution in [0.3, 0.4) is 0 Å². The normalized spacial score (nSPS) is 20.2. The lowest BCUT2D eigenvalue weighted by Crippen LogP contribution is -2.50. The molecule has 0 spiro atoms. The molecule has 4 atom stereocenters. The Morgan fingerprint density at radius 3 is 2.06 bits per heavy atom. The van der Waals surface area contributed by atoms with E-state index in [0.717, 1.165) is 0 Å². The van der Waals surface area contributed by atoms with E-state index < -0.39 is 45.4 Å². The SMILES string of the molecule is N[C@@H](CO)[C@@H](O)[C@H](O)[C@H](O)COP(=O)(O)O. The van der Waals surface area contributed by atoms with Gasteiger partial charge >= 0.3 is 7.82 Å². The summed E-state index contributed by atoms with van der Waals surface area (Å²) in [5, 5.41) is 36.2. The van der Waals surface area contributed by atoms with Gasteiger partial charge in [-0.25, -0.2) is 4.57 Å². The number of aliphatic hydroxyl groups is 4. The molecule has 0 aromatic rings. The molecule has 0 fully saturated rings. The Bertz CT molecular complexity index is 245. The second-order valence-electron chi connectivity index (χ2n) is 3.18. The molecule has 0 saturated carbocycles. The molecule has 16 heavy (non-hydrogen) atoms. The highest BCUT2D eigenvalue weighted by Crippen LogP contribution is 2.35. The van der Waals surface area contributed by atoms with Gasteiger partial charge in [-0.15, -0.1) is 0 Å². The van der Waals surface area contributed by atoms with Gasteiger partial charge in [0.25, 0.3) is 0 Å². The molecule has 0 radical (unpaired) electrons. The van der Waals surface area contributed by atoms with Gasteiger partial charge in [-0.1, -0.05) is 0 Å². The van der Waals surface area contributed by atoms with Crippen molar-refractivity contribution in [3.63, 3.8) is 0 Å². The van der Waals surface area contributed by atoms with Gasteiger partial charge in [-0.2, -0.15) is 0 Å². The zero-order chi connectivity index (χ0) is 12.9. The number of hydrogen-bond acceptors (Lipinski definition) is 7. The molecule has 0 bridgehead atoms. The summed E-state index contributed by atoms with van der Waals surface area (Å²) in [5.41, 5.74) is 5.17. The van der Waals surface area contributed by atoms with Crippen LogP contribution in [-0.4, -0.2) is 67.8 Å². The Hall–Kier alpha value is -0.0900. The van der Waals surface area contributed by atoms with Crippen LogP contribution < -0.4 is 5.73 Å². The molecule has 0 aliphatic heterocycles. The molecule has 0 heterocycles. The first-order valence-corrected chi connectivity index (χ1v) is 5.82. The molecule has 0 aromatic carbocycles. The predicted octanol–water partition coefficient (Wildman–Crippen LogP) is -3.50. The van der Waals surface area contributed by atoms with Crippen LogP contribution in [0.5, 0.6) is 0 Å². The summed E-state index contributed by atoms with van der Waals surface area (Å²) in [6.45, 7) is -1.50. The average molecular weight is 261 g/mol. The number of hydrogen-bond donors (Lipinski definition) is 7. The minimum absolute atomic E-state index is 0.621. The molecule has 0 aromatic heterocycles. The largest absolute Gasteiger partial charge is 0.469 e. The van der Waals surface area contributed by atoms with Crippen LogP contribution in [0.15, 0.2) is 0 Å². The first-order valence-electron chi connectivity index (χ1n) is 4.29. The minimum Gasteiger partial charge on any atom is -0.395 e. The molecule has 9 nitrogen and oxygen atoms in total. The monoisotopic (exact) mass is 261 g/mol. The van der Waals surface area contributed by atoms with Crippen LogP contribution in [0.4, 0.5) is 0 Å². The van der Waals surface area contributed by atoms with Gasteiger partial charge in [0, 0.05) is 0 Å². The van der Waals surface area contributed by atoms with Gasteiger partial charge in [0.15, 0.2) is 0 Å². The third-order valence-electron chi connectivity index (χ3n) is 1.81. The maximum Gasteiger partial charge on any atom is 0.469 e. The van der Waals surface area contributed by atoms with Gasteiger partial charge in [0.1, 0.15) is 12.2 Å². The van der Waals surface area contributed by atoms with Crippen LogP contribution in [0, 0.1) is 0 Å². The van der Waals surface area contributed by atoms with E-state index >= 15 is 0 Å². The van der Waals surface area contributed by atoms with Crippen LogP contribution in [0.25, 0.3) is 0 Å². The number of phosphoric ester groups is 1. The van der Waals surface area contributed by atoms with E-state index in [0.29, 0.717) is 0 Å². The van der Waals surface area contributed by atoms with Gasteiger partial charge < -0.3 is 35.9 Å². The number of nitrogens with two attached hydrogens (primary N) is 1. The van der Waals surface area contributed by atoms with Crippen molar-refractivity contribution in [2.75, 3.05) is 13.2 Å². The first-order chi connectivity index (χ1) is 7.19. The molecule has 98 valence electrons. The summed E-state index contributed by atoms with van der Waals surface area (Å²) >= 11 is 0. The third kappa shape index (κ3) is 5.85. The minimum atomic E-state index is -4.75. The van der Waals surface area contributed by atoms with Crippen LogP contribution in [-0.2, 0) is 9.09 Å². The predicted molar refractivity (Wildman–Crippen MR) is 51.1 cm³/mol. The average Bonchev–Trinajstić information content (AvgIpc) is 2.21. The van der Waals surface area contributed by atoms with E-state index in [-0.39, 0.29) is 0 Å². The molecular formula is C6H16NO8P. The van der Waals surface area contributed by atoms with Crippen LogP contribution >= 0.6 is 7.82 Å². The Balaban J connectivity index is 4.17. The molecule has 0 rings (SSSR count). The highest BCUT2D eigenvalue weighted by Gasteiger charge is 2.30. The summed E-state index contributed by atoms with van der Waals surface area (Å²) < 4.78 is 14.2. The lowest BCUT2D eigenvalue weighted by molar-refractivity contribution is -0.0863. The maximum absolute atomic E-state index is 10.3. The fourth-order valence-electron chi connectivity index (χ4n) is 0.861. The second-order valence-corrected chi connectivity index (χ2v) is 4.42. The van der Waals surface area contributed by atoms with E-state index in [4.69, 9.17) is 20.6 Å². The molecule has 0 saturated heterocycles. The number of rotatable bonds is 7. The van der Waals surface area contributed by atoms with E-state index in [1.54, 1.807) is 0 Å². The molecule has 0 aliphatic carbocycles. The van der Waals surface area contributed by atoms with Crippen molar-refractivity contribution in [2.24, 2.45) is 5.73 Å². The summed E-state index contributed by atoms with van der Waals surface area (Å²) in [7, 11) is -4.75. The topological polar surface area (TPSA) is 174 Å². The lowest BCUT2D eigenvalue weighted by atomic mass is 10.0. The standard InChI is InChI=1S/C6H16NO8P/c7-3(1-8)5(10)6(11)4(9)2-15-16(12,13)14/h3-6,8-11H,1-2,7H2,(H2,12,13,14)/t3-,4+,5+,6+/m0/s1. The Kier molecular flexibility index (Phi) is 6.56. The van der Waals surface area contributed by atoms with E-state index in [1.807, 2.05) is 0 Å². The maximum atomic E-state index is 10.3. The number of aliphatic hydroxyl groups excluding tert-OH is 4. The third-order valence-corrected chi connectivity index (χ3v) is 2.29. The van der Waals surface area contributed by atoms with Gasteiger partial charge in [-0.05, 0) is 0 Å². The highest BCUT2D eigenvalue weighted by molar-refractivity contribution is 7.46. The first kappa shape index (κ1) is 15.9. The zero-order valence-electron chi connectivity index (χ0n) is 8.25. The summed E-state index contributed by atoms with van der Waals surface area (Å²) in [4.78, 5) is 16.6. The quantitative estimate of drug-likeness (QED) is 0.229. The van der Waals surface area contributed by atoms with Gasteiger partial charge in [-0.3, -0.25) is 4.52 Å². The summed E-state index contributed by atoms with van der Waals surface area (Å²) in [6.07, 6.45) is -5.16. The van der Waals surface area contributed by atoms with E-state index in [9.17, 15) is 19.9 Å². The lowest BCUT2D eigenvalue weighted by Gasteiger charge is -2.26. The summed E-state index contributed by atoms with van der Waals surface area (Å²) in [6, 6.07) is -1.18. The van der Waals surface area contributed by atoms with Crippen LogP contribution in [0.2, 0.25) is 0 Å². The Morgan fingerprint density at radius 2 is 1.69 bits per heavy atom. The molecule has 8 N–H and O–H groups in total. The second kappa shape index (κ2) is 6.60. The van der Waals surface area contributed by atoms with Crippen molar-refractivity contribution in [1.29, 1.82) is 0 Å². The van der Waals surface area contributed by atoms with Gasteiger partial charge in [0.05, 0.1) is 25.4 Å². The zero-order valence-corrected chi connectivity index (χ0v) is 9.14. The fraction of sp³-hybridized carbons (Fsp3) is 1.00. The molecule has 0 amide bonds. The summed E-state index contributed by atoms with van der Waals surface area (Å²) in [5.74, 6) is 0. The Labute approximate surface area is 91.3 Å². The molecule has 10 heteroatoms. The number of phosphoric acid groups is 1. The fourth-order valence-corrected chi connectivity index (χ4v) is 1.21. The van der Waals surface area contributed by atoms with Crippen molar-refractivity contribution in [2.45, 2.75) is 24.4 Å². The molecular weight excluding hydrogens is 245 g/mol. The van der Waals surface area contributed by atoms with E-state index in [2.05, 4.69) is 4.52 Å². The van der Waals surface area contributed by atoms with Crippen molar-refractivity contribution in [1.82, 2.24) is 0 Å². The van der Waals surface area contributed by atoms with Crippen molar-refractivity contribution in [3.8, 4) is 0 Å². The molecule has 0 unspecified atom stereocenters. The molecule has 0 aliphatic rings. The smallest absolute Gasteiger partial charge is 0.395 e.